The predicted octanol–water partition coefficient (Wildman–Crippen LogP) is 4.32. The monoisotopic (exact) mass is 376 g/mol. The number of carbonyl (C=O) groups excluding carboxylic acids is 1. The van der Waals surface area contributed by atoms with Crippen molar-refractivity contribution in [3.63, 3.8) is 0 Å². The van der Waals surface area contributed by atoms with Gasteiger partial charge in [0, 0.05) is 16.7 Å². The van der Waals surface area contributed by atoms with Crippen LogP contribution < -0.4 is 10.6 Å². The average Bonchev–Trinajstić information content (AvgIpc) is 2.50. The molecule has 1 amide bonds. The van der Waals surface area contributed by atoms with Gasteiger partial charge in [0.25, 0.3) is 5.91 Å². The molecule has 0 aliphatic carbocycles. The molecule has 23 heavy (non-hydrogen) atoms. The SMILES string of the molecule is CCCCNc1nc(C)cc(C(=O)Nc2ccc(C)cc2Br)n1. The third kappa shape index (κ3) is 5.03. The summed E-state index contributed by atoms with van der Waals surface area (Å²) in [6.07, 6.45) is 2.13. The van der Waals surface area contributed by atoms with E-state index in [4.69, 9.17) is 0 Å². The lowest BCUT2D eigenvalue weighted by molar-refractivity contribution is 0.102. The predicted molar refractivity (Wildman–Crippen MR) is 97.0 cm³/mol. The molecule has 2 aromatic rings. The molecule has 2 rings (SSSR count). The first kappa shape index (κ1) is 17.4. The number of aromatic nitrogens is 2. The maximum atomic E-state index is 12.4. The van der Waals surface area contributed by atoms with Crippen LogP contribution in [-0.2, 0) is 0 Å². The summed E-state index contributed by atoms with van der Waals surface area (Å²) in [6.45, 7) is 6.77. The number of hydrogen-bond acceptors (Lipinski definition) is 4. The number of nitrogens with one attached hydrogen (secondary N) is 2. The number of rotatable bonds is 6. The first-order valence-corrected chi connectivity index (χ1v) is 8.46. The first-order chi connectivity index (χ1) is 11.0. The van der Waals surface area contributed by atoms with Crippen LogP contribution in [0.5, 0.6) is 0 Å². The Morgan fingerprint density at radius 2 is 2.00 bits per heavy atom. The Balaban J connectivity index is 2.15. The normalized spacial score (nSPS) is 10.4. The van der Waals surface area contributed by atoms with Gasteiger partial charge >= 0.3 is 0 Å². The quantitative estimate of drug-likeness (QED) is 0.736. The molecule has 1 heterocycles. The van der Waals surface area contributed by atoms with Crippen molar-refractivity contribution >= 4 is 33.5 Å². The molecular weight excluding hydrogens is 356 g/mol. The van der Waals surface area contributed by atoms with Gasteiger partial charge in [-0.05, 0) is 60.0 Å². The fraction of sp³-hybridized carbons (Fsp3) is 0.353. The number of halogens is 1. The van der Waals surface area contributed by atoms with Gasteiger partial charge in [-0.25, -0.2) is 9.97 Å². The summed E-state index contributed by atoms with van der Waals surface area (Å²) in [5, 5.41) is 6.02. The van der Waals surface area contributed by atoms with Gasteiger partial charge in [-0.15, -0.1) is 0 Å². The zero-order valence-corrected chi connectivity index (χ0v) is 15.2. The minimum absolute atomic E-state index is 0.251. The molecule has 6 heteroatoms. The summed E-state index contributed by atoms with van der Waals surface area (Å²) < 4.78 is 0.845. The van der Waals surface area contributed by atoms with Crippen molar-refractivity contribution in [3.05, 3.63) is 45.7 Å². The van der Waals surface area contributed by atoms with E-state index < -0.39 is 0 Å². The average molecular weight is 377 g/mol. The largest absolute Gasteiger partial charge is 0.354 e. The molecule has 0 saturated carbocycles. The number of aryl methyl sites for hydroxylation is 2. The van der Waals surface area contributed by atoms with Gasteiger partial charge in [0.05, 0.1) is 5.69 Å². The van der Waals surface area contributed by atoms with E-state index in [-0.39, 0.29) is 5.91 Å². The Kier molecular flexibility index (Phi) is 6.10. The molecule has 2 N–H and O–H groups in total. The summed E-state index contributed by atoms with van der Waals surface area (Å²) in [7, 11) is 0. The fourth-order valence-corrected chi connectivity index (χ4v) is 2.64. The maximum absolute atomic E-state index is 12.4. The summed E-state index contributed by atoms with van der Waals surface area (Å²) in [5.74, 6) is 0.241. The molecule has 0 aliphatic rings. The topological polar surface area (TPSA) is 66.9 Å². The highest BCUT2D eigenvalue weighted by atomic mass is 79.9. The maximum Gasteiger partial charge on any atom is 0.274 e. The van der Waals surface area contributed by atoms with Crippen LogP contribution in [0.3, 0.4) is 0 Å². The van der Waals surface area contributed by atoms with Gasteiger partial charge in [-0.1, -0.05) is 19.4 Å². The molecule has 0 atom stereocenters. The van der Waals surface area contributed by atoms with Crippen LogP contribution in [0.1, 0.15) is 41.5 Å². The van der Waals surface area contributed by atoms with Crippen LogP contribution in [0.2, 0.25) is 0 Å². The molecule has 0 spiro atoms. The summed E-state index contributed by atoms with van der Waals surface area (Å²) in [4.78, 5) is 21.0. The fourth-order valence-electron chi connectivity index (χ4n) is 2.05. The van der Waals surface area contributed by atoms with Crippen LogP contribution in [0.4, 0.5) is 11.6 Å². The van der Waals surface area contributed by atoms with E-state index >= 15 is 0 Å². The summed E-state index contributed by atoms with van der Waals surface area (Å²) >= 11 is 3.46. The lowest BCUT2D eigenvalue weighted by Crippen LogP contribution is -2.16. The molecule has 1 aromatic heterocycles. The van der Waals surface area contributed by atoms with Crippen LogP contribution in [0.25, 0.3) is 0 Å². The van der Waals surface area contributed by atoms with Gasteiger partial charge < -0.3 is 10.6 Å². The van der Waals surface area contributed by atoms with E-state index in [2.05, 4.69) is 43.5 Å². The highest BCUT2D eigenvalue weighted by Gasteiger charge is 2.12. The highest BCUT2D eigenvalue weighted by Crippen LogP contribution is 2.23. The van der Waals surface area contributed by atoms with Crippen LogP contribution in [0.15, 0.2) is 28.7 Å². The number of nitrogens with zero attached hydrogens (tertiary/aromatic N) is 2. The molecule has 0 fully saturated rings. The zero-order valence-electron chi connectivity index (χ0n) is 13.6. The first-order valence-electron chi connectivity index (χ1n) is 7.66. The van der Waals surface area contributed by atoms with Crippen LogP contribution in [0, 0.1) is 13.8 Å². The van der Waals surface area contributed by atoms with E-state index in [1.807, 2.05) is 32.0 Å². The van der Waals surface area contributed by atoms with Crippen molar-refractivity contribution in [2.75, 3.05) is 17.2 Å². The molecule has 0 unspecified atom stereocenters. The highest BCUT2D eigenvalue weighted by molar-refractivity contribution is 9.10. The molecule has 0 radical (unpaired) electrons. The van der Waals surface area contributed by atoms with E-state index in [0.717, 1.165) is 40.8 Å². The van der Waals surface area contributed by atoms with E-state index in [1.165, 1.54) is 0 Å². The van der Waals surface area contributed by atoms with Crippen molar-refractivity contribution in [2.24, 2.45) is 0 Å². The standard InChI is InChI=1S/C17H21BrN4O/c1-4-5-8-19-17-20-12(3)10-15(22-17)16(23)21-14-7-6-11(2)9-13(14)18/h6-7,9-10H,4-5,8H2,1-3H3,(H,21,23)(H,19,20,22). The molecule has 0 bridgehead atoms. The van der Waals surface area contributed by atoms with Crippen LogP contribution >= 0.6 is 15.9 Å². The van der Waals surface area contributed by atoms with Crippen molar-refractivity contribution in [2.45, 2.75) is 33.6 Å². The van der Waals surface area contributed by atoms with Crippen LogP contribution in [-0.4, -0.2) is 22.4 Å². The van der Waals surface area contributed by atoms with E-state index in [9.17, 15) is 4.79 Å². The van der Waals surface area contributed by atoms with Gasteiger partial charge in [-0.2, -0.15) is 0 Å². The minimum atomic E-state index is -0.251. The van der Waals surface area contributed by atoms with Gasteiger partial charge in [0.15, 0.2) is 0 Å². The number of benzene rings is 1. The number of hydrogen-bond donors (Lipinski definition) is 2. The third-order valence-electron chi connectivity index (χ3n) is 3.27. The van der Waals surface area contributed by atoms with E-state index in [0.29, 0.717) is 11.6 Å². The number of amides is 1. The summed E-state index contributed by atoms with van der Waals surface area (Å²) in [5.41, 5.74) is 2.95. The van der Waals surface area contributed by atoms with Crippen molar-refractivity contribution in [1.82, 2.24) is 9.97 Å². The van der Waals surface area contributed by atoms with E-state index in [1.54, 1.807) is 6.07 Å². The lowest BCUT2D eigenvalue weighted by Gasteiger charge is -2.10. The molecule has 0 saturated heterocycles. The second kappa shape index (κ2) is 8.06. The van der Waals surface area contributed by atoms with Crippen molar-refractivity contribution in [1.29, 1.82) is 0 Å². The van der Waals surface area contributed by atoms with Crippen molar-refractivity contribution in [3.8, 4) is 0 Å². The minimum Gasteiger partial charge on any atom is -0.354 e. The summed E-state index contributed by atoms with van der Waals surface area (Å²) in [6, 6.07) is 7.45. The zero-order chi connectivity index (χ0) is 16.8. The number of unbranched alkanes of at least 4 members (excludes halogenated alkanes) is 1. The molecule has 0 aliphatic heterocycles. The van der Waals surface area contributed by atoms with Gasteiger partial charge in [-0.3, -0.25) is 4.79 Å². The number of anilines is 2. The Labute approximate surface area is 145 Å². The third-order valence-corrected chi connectivity index (χ3v) is 3.93. The van der Waals surface area contributed by atoms with Gasteiger partial charge in [0.1, 0.15) is 5.69 Å². The van der Waals surface area contributed by atoms with Gasteiger partial charge in [0.2, 0.25) is 5.95 Å². The Morgan fingerprint density at radius 3 is 2.70 bits per heavy atom. The Hall–Kier alpha value is -1.95. The lowest BCUT2D eigenvalue weighted by atomic mass is 10.2. The smallest absolute Gasteiger partial charge is 0.274 e. The Bertz CT molecular complexity index is 703. The second-order valence-corrected chi connectivity index (χ2v) is 6.29. The Morgan fingerprint density at radius 1 is 1.22 bits per heavy atom. The molecule has 5 nitrogen and oxygen atoms in total. The molecule has 1 aromatic carbocycles. The second-order valence-electron chi connectivity index (χ2n) is 5.44. The number of carbonyl (C=O) groups is 1. The molecular formula is C17H21BrN4O. The molecule has 122 valence electrons. The van der Waals surface area contributed by atoms with Crippen molar-refractivity contribution < 1.29 is 4.79 Å².